The molecular formula is C16H24N2O3. The highest BCUT2D eigenvalue weighted by atomic mass is 16.3. The molecule has 0 bridgehead atoms. The van der Waals surface area contributed by atoms with E-state index in [4.69, 9.17) is 0 Å². The molecule has 0 aliphatic heterocycles. The number of hydrogen-bond donors (Lipinski definition) is 2. The molecule has 2 amide bonds. The maximum Gasteiger partial charge on any atom is 0.321 e. The maximum absolute atomic E-state index is 12.3. The average molecular weight is 292 g/mol. The van der Waals surface area contributed by atoms with Gasteiger partial charge in [-0.05, 0) is 24.5 Å². The Kier molecular flexibility index (Phi) is 5.49. The average Bonchev–Trinajstić information content (AvgIpc) is 2.37. The van der Waals surface area contributed by atoms with Gasteiger partial charge in [-0.25, -0.2) is 4.79 Å². The molecule has 0 spiro atoms. The summed E-state index contributed by atoms with van der Waals surface area (Å²) in [7, 11) is 1.65. The van der Waals surface area contributed by atoms with Gasteiger partial charge in [0, 0.05) is 18.3 Å². The number of likely N-dealkylation sites (N-methyl/N-ethyl adjacent to an activating group) is 1. The van der Waals surface area contributed by atoms with Gasteiger partial charge in [-0.1, -0.05) is 32.9 Å². The third kappa shape index (κ3) is 4.56. The van der Waals surface area contributed by atoms with E-state index in [0.717, 1.165) is 0 Å². The van der Waals surface area contributed by atoms with Gasteiger partial charge in [0.05, 0.1) is 12.6 Å². The van der Waals surface area contributed by atoms with Gasteiger partial charge < -0.3 is 15.3 Å². The van der Waals surface area contributed by atoms with E-state index in [1.165, 1.54) is 11.8 Å². The molecule has 1 atom stereocenters. The van der Waals surface area contributed by atoms with Crippen molar-refractivity contribution in [1.29, 1.82) is 0 Å². The fourth-order valence-electron chi connectivity index (χ4n) is 2.15. The number of carbonyl (C=O) groups excluding carboxylic acids is 2. The molecule has 5 heteroatoms. The molecule has 1 aromatic rings. The topological polar surface area (TPSA) is 69.6 Å². The Bertz CT molecular complexity index is 520. The molecule has 0 fully saturated rings. The smallest absolute Gasteiger partial charge is 0.321 e. The van der Waals surface area contributed by atoms with Gasteiger partial charge in [-0.15, -0.1) is 0 Å². The number of urea groups is 1. The van der Waals surface area contributed by atoms with Crippen molar-refractivity contribution in [2.24, 2.45) is 5.41 Å². The number of benzene rings is 1. The van der Waals surface area contributed by atoms with Crippen molar-refractivity contribution >= 4 is 17.5 Å². The molecule has 0 heterocycles. The summed E-state index contributed by atoms with van der Waals surface area (Å²) in [4.78, 5) is 25.1. The monoisotopic (exact) mass is 292 g/mol. The first-order chi connectivity index (χ1) is 9.66. The van der Waals surface area contributed by atoms with E-state index in [1.54, 1.807) is 31.3 Å². The van der Waals surface area contributed by atoms with E-state index in [2.05, 4.69) is 5.32 Å². The predicted octanol–water partition coefficient (Wildman–Crippen LogP) is 2.76. The first kappa shape index (κ1) is 17.2. The third-order valence-corrected chi connectivity index (χ3v) is 3.48. The number of carbonyl (C=O) groups is 2. The number of aliphatic hydroxyl groups excluding tert-OH is 1. The molecule has 1 aromatic carbocycles. The van der Waals surface area contributed by atoms with Gasteiger partial charge in [0.25, 0.3) is 0 Å². The minimum Gasteiger partial charge on any atom is -0.394 e. The molecule has 2 N–H and O–H groups in total. The lowest BCUT2D eigenvalue weighted by atomic mass is 9.86. The molecule has 21 heavy (non-hydrogen) atoms. The van der Waals surface area contributed by atoms with Crippen molar-refractivity contribution in [3.05, 3.63) is 29.8 Å². The number of hydrogen-bond acceptors (Lipinski definition) is 3. The highest BCUT2D eigenvalue weighted by Gasteiger charge is 2.30. The van der Waals surface area contributed by atoms with E-state index in [-0.39, 0.29) is 29.9 Å². The number of ketones is 1. The molecule has 1 unspecified atom stereocenters. The van der Waals surface area contributed by atoms with Gasteiger partial charge in [0.1, 0.15) is 0 Å². The summed E-state index contributed by atoms with van der Waals surface area (Å²) in [5.74, 6) is -0.0534. The van der Waals surface area contributed by atoms with Crippen molar-refractivity contribution < 1.29 is 14.7 Å². The number of aliphatic hydroxyl groups is 1. The van der Waals surface area contributed by atoms with E-state index >= 15 is 0 Å². The molecule has 0 saturated carbocycles. The van der Waals surface area contributed by atoms with Crippen LogP contribution in [0, 0.1) is 5.41 Å². The number of nitrogens with one attached hydrogen (secondary N) is 1. The van der Waals surface area contributed by atoms with Crippen molar-refractivity contribution in [2.75, 3.05) is 19.0 Å². The summed E-state index contributed by atoms with van der Waals surface area (Å²) in [6.45, 7) is 7.27. The van der Waals surface area contributed by atoms with E-state index < -0.39 is 0 Å². The lowest BCUT2D eigenvalue weighted by Crippen LogP contribution is -2.48. The second kappa shape index (κ2) is 6.72. The lowest BCUT2D eigenvalue weighted by Gasteiger charge is -2.36. The van der Waals surface area contributed by atoms with Crippen LogP contribution in [0.15, 0.2) is 24.3 Å². The van der Waals surface area contributed by atoms with Crippen LogP contribution in [-0.4, -0.2) is 41.5 Å². The summed E-state index contributed by atoms with van der Waals surface area (Å²) in [5.41, 5.74) is 0.873. The Morgan fingerprint density at radius 1 is 1.33 bits per heavy atom. The second-order valence-corrected chi connectivity index (χ2v) is 6.24. The van der Waals surface area contributed by atoms with Crippen molar-refractivity contribution in [3.8, 4) is 0 Å². The fraction of sp³-hybridized carbons (Fsp3) is 0.500. The molecule has 0 radical (unpaired) electrons. The summed E-state index contributed by atoms with van der Waals surface area (Å²) >= 11 is 0. The number of rotatable bonds is 4. The zero-order valence-corrected chi connectivity index (χ0v) is 13.3. The van der Waals surface area contributed by atoms with Crippen molar-refractivity contribution in [3.63, 3.8) is 0 Å². The van der Waals surface area contributed by atoms with E-state index in [9.17, 15) is 14.7 Å². The Labute approximate surface area is 126 Å². The zero-order chi connectivity index (χ0) is 16.2. The molecule has 1 rings (SSSR count). The molecule has 0 aliphatic rings. The minimum absolute atomic E-state index is 0.0534. The number of amides is 2. The Hall–Kier alpha value is -1.88. The molecular weight excluding hydrogens is 268 g/mol. The lowest BCUT2D eigenvalue weighted by molar-refractivity contribution is 0.0886. The summed E-state index contributed by atoms with van der Waals surface area (Å²) < 4.78 is 0. The van der Waals surface area contributed by atoms with Gasteiger partial charge in [-0.3, -0.25) is 4.79 Å². The predicted molar refractivity (Wildman–Crippen MR) is 83.6 cm³/mol. The van der Waals surface area contributed by atoms with Crippen LogP contribution in [0.5, 0.6) is 0 Å². The minimum atomic E-state index is -0.315. The summed E-state index contributed by atoms with van der Waals surface area (Å²) in [6, 6.07) is 6.17. The highest BCUT2D eigenvalue weighted by molar-refractivity contribution is 5.96. The largest absolute Gasteiger partial charge is 0.394 e. The second-order valence-electron chi connectivity index (χ2n) is 6.24. The van der Waals surface area contributed by atoms with Crippen LogP contribution in [0.1, 0.15) is 38.1 Å². The Balaban J connectivity index is 2.85. The standard InChI is InChI=1S/C16H24N2O3/c1-11(20)12-7-6-8-13(9-12)17-15(21)18(5)14(10-19)16(2,3)4/h6-9,14,19H,10H2,1-5H3,(H,17,21). The number of nitrogens with zero attached hydrogens (tertiary/aromatic N) is 1. The van der Waals surface area contributed by atoms with Crippen LogP contribution in [0.2, 0.25) is 0 Å². The van der Waals surface area contributed by atoms with Crippen LogP contribution in [-0.2, 0) is 0 Å². The normalized spacial score (nSPS) is 12.7. The van der Waals surface area contributed by atoms with Crippen LogP contribution >= 0.6 is 0 Å². The van der Waals surface area contributed by atoms with E-state index in [1.807, 2.05) is 20.8 Å². The summed E-state index contributed by atoms with van der Waals surface area (Å²) in [6.07, 6.45) is 0. The maximum atomic E-state index is 12.3. The number of Topliss-reactive ketones (excluding diaryl/α,β-unsaturated/α-hetero) is 1. The Morgan fingerprint density at radius 2 is 1.95 bits per heavy atom. The molecule has 5 nitrogen and oxygen atoms in total. The Morgan fingerprint density at radius 3 is 2.43 bits per heavy atom. The van der Waals surface area contributed by atoms with Gasteiger partial charge in [-0.2, -0.15) is 0 Å². The quantitative estimate of drug-likeness (QED) is 0.838. The van der Waals surface area contributed by atoms with Crippen molar-refractivity contribution in [2.45, 2.75) is 33.7 Å². The SMILES string of the molecule is CC(=O)c1cccc(NC(=O)N(C)C(CO)C(C)(C)C)c1. The molecule has 116 valence electrons. The fourth-order valence-corrected chi connectivity index (χ4v) is 2.15. The third-order valence-electron chi connectivity index (χ3n) is 3.48. The first-order valence-electron chi connectivity index (χ1n) is 6.92. The van der Waals surface area contributed by atoms with Crippen LogP contribution in [0.4, 0.5) is 10.5 Å². The number of anilines is 1. The molecule has 0 saturated heterocycles. The van der Waals surface area contributed by atoms with Crippen LogP contribution in [0.3, 0.4) is 0 Å². The first-order valence-corrected chi connectivity index (χ1v) is 6.92. The molecule has 0 aromatic heterocycles. The highest BCUT2D eigenvalue weighted by Crippen LogP contribution is 2.24. The molecule has 0 aliphatic carbocycles. The van der Waals surface area contributed by atoms with E-state index in [0.29, 0.717) is 11.3 Å². The van der Waals surface area contributed by atoms with Crippen molar-refractivity contribution in [1.82, 2.24) is 4.90 Å². The van der Waals surface area contributed by atoms with Crippen LogP contribution in [0.25, 0.3) is 0 Å². The summed E-state index contributed by atoms with van der Waals surface area (Å²) in [5, 5.41) is 12.2. The van der Waals surface area contributed by atoms with Crippen LogP contribution < -0.4 is 5.32 Å². The van der Waals surface area contributed by atoms with Gasteiger partial charge in [0.2, 0.25) is 0 Å². The van der Waals surface area contributed by atoms with Gasteiger partial charge >= 0.3 is 6.03 Å². The van der Waals surface area contributed by atoms with Gasteiger partial charge in [0.15, 0.2) is 5.78 Å². The zero-order valence-electron chi connectivity index (χ0n) is 13.3.